The van der Waals surface area contributed by atoms with E-state index in [0.717, 1.165) is 0 Å². The number of aromatic nitrogens is 3. The number of nitrogens with zero attached hydrogens (tertiary/aromatic N) is 6. The molecule has 0 saturated carbocycles. The number of carbonyl (C=O) groups is 1. The van der Waals surface area contributed by atoms with Crippen LogP contribution in [-0.2, 0) is 4.79 Å². The molecule has 0 bridgehead atoms. The molecule has 112 valence electrons. The van der Waals surface area contributed by atoms with Crippen molar-refractivity contribution in [3.8, 4) is 0 Å². The zero-order chi connectivity index (χ0) is 15.3. The summed E-state index contributed by atoms with van der Waals surface area (Å²) in [4.78, 5) is 30.0. The number of amides is 1. The van der Waals surface area contributed by atoms with E-state index >= 15 is 0 Å². The standard InChI is InChI=1S/C12H23N7O/c1-7-19(8-9(20)17(3)4)12-15-10(13-2)14-11(16-12)18(5)6/h7-8H2,1-6H3,(H,13,14,15,16). The Kier molecular flexibility index (Phi) is 5.48. The Balaban J connectivity index is 3.07. The van der Waals surface area contributed by atoms with Crippen LogP contribution in [0.3, 0.4) is 0 Å². The van der Waals surface area contributed by atoms with Crippen LogP contribution in [0.15, 0.2) is 0 Å². The number of nitrogens with one attached hydrogen (secondary N) is 1. The molecule has 1 amide bonds. The summed E-state index contributed by atoms with van der Waals surface area (Å²) in [5, 5.41) is 2.91. The van der Waals surface area contributed by atoms with Crippen LogP contribution in [-0.4, -0.2) is 74.1 Å². The predicted octanol–water partition coefficient (Wildman–Crippen LogP) is -0.106. The number of rotatable bonds is 6. The molecule has 8 heteroatoms. The van der Waals surface area contributed by atoms with Crippen LogP contribution in [0.5, 0.6) is 0 Å². The number of carbonyl (C=O) groups excluding carboxylic acids is 1. The molecule has 0 saturated heterocycles. The van der Waals surface area contributed by atoms with E-state index in [2.05, 4.69) is 20.3 Å². The molecule has 0 radical (unpaired) electrons. The number of anilines is 3. The number of hydrogen-bond donors (Lipinski definition) is 1. The lowest BCUT2D eigenvalue weighted by molar-refractivity contribution is -0.127. The van der Waals surface area contributed by atoms with Gasteiger partial charge in [0.05, 0.1) is 6.54 Å². The third-order valence-corrected chi connectivity index (χ3v) is 2.72. The van der Waals surface area contributed by atoms with Gasteiger partial charge >= 0.3 is 0 Å². The molecule has 1 rings (SSSR count). The fourth-order valence-electron chi connectivity index (χ4n) is 1.44. The summed E-state index contributed by atoms with van der Waals surface area (Å²) < 4.78 is 0. The minimum Gasteiger partial charge on any atom is -0.357 e. The van der Waals surface area contributed by atoms with Gasteiger partial charge in [0.2, 0.25) is 23.8 Å². The van der Waals surface area contributed by atoms with E-state index in [4.69, 9.17) is 0 Å². The predicted molar refractivity (Wildman–Crippen MR) is 80.3 cm³/mol. The van der Waals surface area contributed by atoms with Gasteiger partial charge in [0, 0.05) is 41.8 Å². The topological polar surface area (TPSA) is 77.5 Å². The highest BCUT2D eigenvalue weighted by molar-refractivity contribution is 5.80. The van der Waals surface area contributed by atoms with Crippen LogP contribution >= 0.6 is 0 Å². The molecular weight excluding hydrogens is 258 g/mol. The van der Waals surface area contributed by atoms with Gasteiger partial charge in [-0.2, -0.15) is 15.0 Å². The van der Waals surface area contributed by atoms with Crippen molar-refractivity contribution in [3.63, 3.8) is 0 Å². The summed E-state index contributed by atoms with van der Waals surface area (Å²) in [6.07, 6.45) is 0. The molecule has 20 heavy (non-hydrogen) atoms. The Bertz CT molecular complexity index is 461. The first-order valence-electron chi connectivity index (χ1n) is 6.45. The zero-order valence-corrected chi connectivity index (χ0v) is 13.0. The fourth-order valence-corrected chi connectivity index (χ4v) is 1.44. The summed E-state index contributed by atoms with van der Waals surface area (Å²) in [6, 6.07) is 0. The van der Waals surface area contributed by atoms with E-state index in [1.54, 1.807) is 30.9 Å². The minimum absolute atomic E-state index is 0.00433. The van der Waals surface area contributed by atoms with E-state index in [9.17, 15) is 4.79 Å². The van der Waals surface area contributed by atoms with E-state index < -0.39 is 0 Å². The summed E-state index contributed by atoms with van der Waals surface area (Å²) in [5.74, 6) is 1.53. The largest absolute Gasteiger partial charge is 0.357 e. The SMILES string of the molecule is CCN(CC(=O)N(C)C)c1nc(NC)nc(N(C)C)n1. The first-order valence-corrected chi connectivity index (χ1v) is 6.45. The van der Waals surface area contributed by atoms with Gasteiger partial charge in [-0.05, 0) is 6.92 Å². The monoisotopic (exact) mass is 281 g/mol. The number of hydrogen-bond acceptors (Lipinski definition) is 7. The van der Waals surface area contributed by atoms with Gasteiger partial charge in [-0.15, -0.1) is 0 Å². The van der Waals surface area contributed by atoms with Gasteiger partial charge in [-0.25, -0.2) is 0 Å². The van der Waals surface area contributed by atoms with E-state index in [0.29, 0.717) is 24.4 Å². The van der Waals surface area contributed by atoms with Gasteiger partial charge in [-0.3, -0.25) is 4.79 Å². The molecule has 1 aromatic rings. The third-order valence-electron chi connectivity index (χ3n) is 2.72. The highest BCUT2D eigenvalue weighted by Crippen LogP contribution is 2.14. The smallest absolute Gasteiger partial charge is 0.241 e. The maximum absolute atomic E-state index is 11.8. The van der Waals surface area contributed by atoms with Crippen molar-refractivity contribution in [1.82, 2.24) is 19.9 Å². The zero-order valence-electron chi connectivity index (χ0n) is 13.0. The van der Waals surface area contributed by atoms with Crippen molar-refractivity contribution in [2.45, 2.75) is 6.92 Å². The normalized spacial score (nSPS) is 10.1. The Labute approximate surface area is 119 Å². The summed E-state index contributed by atoms with van der Waals surface area (Å²) in [6.45, 7) is 2.84. The maximum atomic E-state index is 11.8. The molecule has 1 N–H and O–H groups in total. The molecule has 0 atom stereocenters. The van der Waals surface area contributed by atoms with Gasteiger partial charge in [0.25, 0.3) is 0 Å². The van der Waals surface area contributed by atoms with Crippen LogP contribution in [0.1, 0.15) is 6.92 Å². The Morgan fingerprint density at radius 3 is 2.15 bits per heavy atom. The van der Waals surface area contributed by atoms with Crippen molar-refractivity contribution in [2.75, 3.05) is 63.4 Å². The van der Waals surface area contributed by atoms with Crippen LogP contribution in [0.2, 0.25) is 0 Å². The number of likely N-dealkylation sites (N-methyl/N-ethyl adjacent to an activating group) is 2. The minimum atomic E-state index is 0.00433. The highest BCUT2D eigenvalue weighted by atomic mass is 16.2. The molecule has 0 aliphatic rings. The third kappa shape index (κ3) is 3.94. The van der Waals surface area contributed by atoms with Crippen LogP contribution in [0.25, 0.3) is 0 Å². The van der Waals surface area contributed by atoms with Gasteiger partial charge < -0.3 is 20.0 Å². The summed E-state index contributed by atoms with van der Waals surface area (Å²) in [5.41, 5.74) is 0. The van der Waals surface area contributed by atoms with E-state index in [-0.39, 0.29) is 12.5 Å². The highest BCUT2D eigenvalue weighted by Gasteiger charge is 2.16. The second-order valence-electron chi connectivity index (χ2n) is 4.71. The first-order chi connectivity index (χ1) is 9.38. The molecule has 1 aromatic heterocycles. The van der Waals surface area contributed by atoms with Crippen molar-refractivity contribution in [3.05, 3.63) is 0 Å². The molecule has 0 aliphatic carbocycles. The quantitative estimate of drug-likeness (QED) is 0.779. The molecule has 0 aliphatic heterocycles. The molecule has 8 nitrogen and oxygen atoms in total. The lowest BCUT2D eigenvalue weighted by Gasteiger charge is -2.23. The average molecular weight is 281 g/mol. The first kappa shape index (κ1) is 15.9. The fraction of sp³-hybridized carbons (Fsp3) is 0.667. The van der Waals surface area contributed by atoms with Gasteiger partial charge in [0.15, 0.2) is 0 Å². The summed E-state index contributed by atoms with van der Waals surface area (Å²) >= 11 is 0. The van der Waals surface area contributed by atoms with Crippen molar-refractivity contribution in [1.29, 1.82) is 0 Å². The molecule has 0 fully saturated rings. The Morgan fingerprint density at radius 2 is 1.70 bits per heavy atom. The lowest BCUT2D eigenvalue weighted by Crippen LogP contribution is -2.37. The Hall–Kier alpha value is -2.12. The van der Waals surface area contributed by atoms with Crippen molar-refractivity contribution < 1.29 is 4.79 Å². The van der Waals surface area contributed by atoms with E-state index in [1.807, 2.05) is 25.9 Å². The molecule has 0 aromatic carbocycles. The van der Waals surface area contributed by atoms with Crippen LogP contribution in [0.4, 0.5) is 17.8 Å². The van der Waals surface area contributed by atoms with Gasteiger partial charge in [0.1, 0.15) is 0 Å². The second-order valence-corrected chi connectivity index (χ2v) is 4.71. The maximum Gasteiger partial charge on any atom is 0.241 e. The molecule has 0 unspecified atom stereocenters. The van der Waals surface area contributed by atoms with E-state index in [1.165, 1.54) is 0 Å². The Morgan fingerprint density at radius 1 is 1.10 bits per heavy atom. The van der Waals surface area contributed by atoms with Crippen LogP contribution < -0.4 is 15.1 Å². The molecule has 1 heterocycles. The van der Waals surface area contributed by atoms with Gasteiger partial charge in [-0.1, -0.05) is 0 Å². The lowest BCUT2D eigenvalue weighted by atomic mass is 10.4. The molecule has 0 spiro atoms. The van der Waals surface area contributed by atoms with Crippen molar-refractivity contribution >= 4 is 23.8 Å². The van der Waals surface area contributed by atoms with Crippen molar-refractivity contribution in [2.24, 2.45) is 0 Å². The second kappa shape index (κ2) is 6.88. The van der Waals surface area contributed by atoms with Crippen LogP contribution in [0, 0.1) is 0 Å². The average Bonchev–Trinajstić information content (AvgIpc) is 2.43. The summed E-state index contributed by atoms with van der Waals surface area (Å²) in [7, 11) is 8.93. The molecular formula is C12H23N7O.